The maximum Gasteiger partial charge on any atom is 0.253 e. The summed E-state index contributed by atoms with van der Waals surface area (Å²) in [4.78, 5) is 16.3. The molecule has 1 heterocycles. The fourth-order valence-electron chi connectivity index (χ4n) is 2.05. The predicted molar refractivity (Wildman–Crippen MR) is 89.8 cm³/mol. The minimum absolute atomic E-state index is 0.108. The van der Waals surface area contributed by atoms with E-state index in [1.165, 1.54) is 0 Å². The van der Waals surface area contributed by atoms with Crippen molar-refractivity contribution in [3.05, 3.63) is 59.9 Å². The molecule has 1 amide bonds. The van der Waals surface area contributed by atoms with Crippen molar-refractivity contribution in [3.8, 4) is 0 Å². The van der Waals surface area contributed by atoms with Crippen molar-refractivity contribution in [3.63, 3.8) is 0 Å². The van der Waals surface area contributed by atoms with Crippen LogP contribution < -0.4 is 10.6 Å². The minimum Gasteiger partial charge on any atom is -0.384 e. The van der Waals surface area contributed by atoms with Crippen LogP contribution in [0.25, 0.3) is 0 Å². The lowest BCUT2D eigenvalue weighted by Crippen LogP contribution is -2.23. The highest BCUT2D eigenvalue weighted by atomic mass is 16.1. The van der Waals surface area contributed by atoms with E-state index in [1.54, 1.807) is 12.4 Å². The van der Waals surface area contributed by atoms with Crippen molar-refractivity contribution < 1.29 is 4.79 Å². The average molecular weight is 297 g/mol. The molecule has 116 valence electrons. The highest BCUT2D eigenvalue weighted by Crippen LogP contribution is 2.10. The summed E-state index contributed by atoms with van der Waals surface area (Å²) in [6.07, 6.45) is 4.42. The van der Waals surface area contributed by atoms with Crippen molar-refractivity contribution in [2.24, 2.45) is 5.92 Å². The van der Waals surface area contributed by atoms with Crippen LogP contribution in [0.4, 0.5) is 5.69 Å². The van der Waals surface area contributed by atoms with E-state index in [0.29, 0.717) is 18.0 Å². The lowest BCUT2D eigenvalue weighted by molar-refractivity contribution is 0.0950. The Morgan fingerprint density at radius 1 is 1.18 bits per heavy atom. The third-order valence-electron chi connectivity index (χ3n) is 3.35. The number of hydrogen-bond acceptors (Lipinski definition) is 3. The van der Waals surface area contributed by atoms with E-state index in [4.69, 9.17) is 0 Å². The number of aromatic nitrogens is 1. The predicted octanol–water partition coefficient (Wildman–Crippen LogP) is 3.47. The van der Waals surface area contributed by atoms with Crippen molar-refractivity contribution in [2.75, 3.05) is 11.9 Å². The molecule has 2 aromatic rings. The standard InChI is InChI=1S/C18H23N3O/c1-14(2)8-9-20-17-10-16(12-19-13-17)18(22)21-11-15-6-4-3-5-7-15/h3-7,10,12-14,20H,8-9,11H2,1-2H3,(H,21,22). The molecule has 1 aromatic carbocycles. The van der Waals surface area contributed by atoms with Gasteiger partial charge in [0.1, 0.15) is 0 Å². The molecule has 0 saturated carbocycles. The maximum absolute atomic E-state index is 12.2. The van der Waals surface area contributed by atoms with Crippen LogP contribution in [0.5, 0.6) is 0 Å². The summed E-state index contributed by atoms with van der Waals surface area (Å²) >= 11 is 0. The van der Waals surface area contributed by atoms with Crippen LogP contribution in [0.3, 0.4) is 0 Å². The Labute approximate surface area is 132 Å². The molecule has 4 nitrogen and oxygen atoms in total. The highest BCUT2D eigenvalue weighted by Gasteiger charge is 2.07. The summed E-state index contributed by atoms with van der Waals surface area (Å²) in [5.41, 5.74) is 2.54. The quantitative estimate of drug-likeness (QED) is 0.823. The Morgan fingerprint density at radius 3 is 2.68 bits per heavy atom. The number of pyridine rings is 1. The molecule has 0 fully saturated rings. The molecule has 0 atom stereocenters. The Morgan fingerprint density at radius 2 is 1.95 bits per heavy atom. The highest BCUT2D eigenvalue weighted by molar-refractivity contribution is 5.94. The molecule has 0 aliphatic heterocycles. The summed E-state index contributed by atoms with van der Waals surface area (Å²) in [6.45, 7) is 5.78. The van der Waals surface area contributed by atoms with E-state index < -0.39 is 0 Å². The maximum atomic E-state index is 12.2. The molecule has 0 bridgehead atoms. The number of nitrogens with one attached hydrogen (secondary N) is 2. The van der Waals surface area contributed by atoms with Gasteiger partial charge in [-0.05, 0) is 24.0 Å². The fourth-order valence-corrected chi connectivity index (χ4v) is 2.05. The van der Waals surface area contributed by atoms with Gasteiger partial charge in [-0.15, -0.1) is 0 Å². The first-order valence-corrected chi connectivity index (χ1v) is 7.66. The molecule has 2 N–H and O–H groups in total. The molecule has 0 aliphatic rings. The van der Waals surface area contributed by atoms with Gasteiger partial charge in [-0.1, -0.05) is 44.2 Å². The van der Waals surface area contributed by atoms with Crippen molar-refractivity contribution in [2.45, 2.75) is 26.8 Å². The van der Waals surface area contributed by atoms with Gasteiger partial charge < -0.3 is 10.6 Å². The number of anilines is 1. The summed E-state index contributed by atoms with van der Waals surface area (Å²) in [5.74, 6) is 0.543. The van der Waals surface area contributed by atoms with E-state index in [1.807, 2.05) is 36.4 Å². The van der Waals surface area contributed by atoms with Gasteiger partial charge in [-0.2, -0.15) is 0 Å². The molecule has 0 saturated heterocycles. The van der Waals surface area contributed by atoms with Crippen LogP contribution >= 0.6 is 0 Å². The van der Waals surface area contributed by atoms with Crippen LogP contribution in [0, 0.1) is 5.92 Å². The third kappa shape index (κ3) is 5.20. The second kappa shape index (κ2) is 8.17. The molecule has 2 rings (SSSR count). The molecular formula is C18H23N3O. The second-order valence-electron chi connectivity index (χ2n) is 5.74. The normalized spacial score (nSPS) is 10.5. The minimum atomic E-state index is -0.108. The molecule has 0 spiro atoms. The van der Waals surface area contributed by atoms with E-state index in [2.05, 4.69) is 29.5 Å². The number of carbonyl (C=O) groups is 1. The topological polar surface area (TPSA) is 54.0 Å². The van der Waals surface area contributed by atoms with Gasteiger partial charge in [0.25, 0.3) is 5.91 Å². The van der Waals surface area contributed by atoms with Gasteiger partial charge in [-0.3, -0.25) is 9.78 Å². The summed E-state index contributed by atoms with van der Waals surface area (Å²) in [6, 6.07) is 11.7. The van der Waals surface area contributed by atoms with Gasteiger partial charge in [0.05, 0.1) is 11.3 Å². The van der Waals surface area contributed by atoms with Gasteiger partial charge >= 0.3 is 0 Å². The monoisotopic (exact) mass is 297 g/mol. The zero-order valence-electron chi connectivity index (χ0n) is 13.2. The number of hydrogen-bond donors (Lipinski definition) is 2. The van der Waals surface area contributed by atoms with Crippen molar-refractivity contribution >= 4 is 11.6 Å². The van der Waals surface area contributed by atoms with Crippen molar-refractivity contribution in [1.82, 2.24) is 10.3 Å². The lowest BCUT2D eigenvalue weighted by Gasteiger charge is -2.10. The number of amides is 1. The number of benzene rings is 1. The number of carbonyl (C=O) groups excluding carboxylic acids is 1. The van der Waals surface area contributed by atoms with E-state index >= 15 is 0 Å². The van der Waals surface area contributed by atoms with Gasteiger partial charge in [-0.25, -0.2) is 0 Å². The molecule has 1 aromatic heterocycles. The Hall–Kier alpha value is -2.36. The van der Waals surface area contributed by atoms with Gasteiger partial charge in [0.15, 0.2) is 0 Å². The zero-order valence-corrected chi connectivity index (χ0v) is 13.2. The lowest BCUT2D eigenvalue weighted by atomic mass is 10.1. The summed E-state index contributed by atoms with van der Waals surface area (Å²) < 4.78 is 0. The first kappa shape index (κ1) is 16.0. The smallest absolute Gasteiger partial charge is 0.253 e. The summed E-state index contributed by atoms with van der Waals surface area (Å²) in [7, 11) is 0. The number of nitrogens with zero attached hydrogens (tertiary/aromatic N) is 1. The largest absolute Gasteiger partial charge is 0.384 e. The van der Waals surface area contributed by atoms with Crippen LogP contribution in [0.2, 0.25) is 0 Å². The molecule has 0 unspecified atom stereocenters. The number of rotatable bonds is 7. The molecule has 22 heavy (non-hydrogen) atoms. The molecule has 4 heteroatoms. The van der Waals surface area contributed by atoms with Gasteiger partial charge in [0.2, 0.25) is 0 Å². The first-order valence-electron chi connectivity index (χ1n) is 7.66. The zero-order chi connectivity index (χ0) is 15.8. The van der Waals surface area contributed by atoms with Crippen LogP contribution in [0.1, 0.15) is 36.2 Å². The average Bonchev–Trinajstić information content (AvgIpc) is 2.53. The Kier molecular flexibility index (Phi) is 5.95. The fraction of sp³-hybridized carbons (Fsp3) is 0.333. The van der Waals surface area contributed by atoms with E-state index in [9.17, 15) is 4.79 Å². The molecule has 0 aliphatic carbocycles. The van der Waals surface area contributed by atoms with Crippen LogP contribution in [-0.2, 0) is 6.54 Å². The molecule has 0 radical (unpaired) electrons. The Bertz CT molecular complexity index is 596. The SMILES string of the molecule is CC(C)CCNc1cncc(C(=O)NCc2ccccc2)c1. The van der Waals surface area contributed by atoms with Crippen LogP contribution in [-0.4, -0.2) is 17.4 Å². The van der Waals surface area contributed by atoms with Gasteiger partial charge in [0, 0.05) is 25.5 Å². The second-order valence-corrected chi connectivity index (χ2v) is 5.74. The third-order valence-corrected chi connectivity index (χ3v) is 3.35. The van der Waals surface area contributed by atoms with Crippen LogP contribution in [0.15, 0.2) is 48.8 Å². The van der Waals surface area contributed by atoms with Crippen molar-refractivity contribution in [1.29, 1.82) is 0 Å². The Balaban J connectivity index is 1.89. The van der Waals surface area contributed by atoms with E-state index in [-0.39, 0.29) is 5.91 Å². The van der Waals surface area contributed by atoms with E-state index in [0.717, 1.165) is 24.2 Å². The summed E-state index contributed by atoms with van der Waals surface area (Å²) in [5, 5.41) is 6.21. The molecular weight excluding hydrogens is 274 g/mol. The first-order chi connectivity index (χ1) is 10.6.